The molecule has 2 heterocycles. The fraction of sp³-hybridized carbons (Fsp3) is 0.333. The lowest BCUT2D eigenvalue weighted by atomic mass is 9.65. The smallest absolute Gasteiger partial charge is 0.0565 e. The lowest BCUT2D eigenvalue weighted by molar-refractivity contribution is 0.201. The van der Waals surface area contributed by atoms with Crippen LogP contribution in [0.15, 0.2) is 66.1 Å². The summed E-state index contributed by atoms with van der Waals surface area (Å²) in [6, 6.07) is 6.82. The summed E-state index contributed by atoms with van der Waals surface area (Å²) in [5, 5.41) is 10.5. The number of aromatic amines is 1. The van der Waals surface area contributed by atoms with Crippen molar-refractivity contribution in [1.82, 2.24) is 15.5 Å². The van der Waals surface area contributed by atoms with Crippen LogP contribution >= 0.6 is 0 Å². The van der Waals surface area contributed by atoms with E-state index in [1.54, 1.807) is 6.20 Å². The highest BCUT2D eigenvalue weighted by atomic mass is 15.1. The van der Waals surface area contributed by atoms with Gasteiger partial charge in [-0.25, -0.2) is 0 Å². The molecule has 1 spiro atoms. The summed E-state index contributed by atoms with van der Waals surface area (Å²) < 4.78 is 0. The highest BCUT2D eigenvalue weighted by Gasteiger charge is 2.37. The number of fused-ring (bicyclic) bond motifs is 1. The molecule has 1 aromatic heterocycles. The number of allylic oxidation sites excluding steroid dienone is 6. The number of nitrogens with one attached hydrogen (secondary N) is 2. The molecule has 1 aliphatic heterocycles. The fourth-order valence-electron chi connectivity index (χ4n) is 5.25. The van der Waals surface area contributed by atoms with Gasteiger partial charge in [0, 0.05) is 23.0 Å². The Morgan fingerprint density at radius 2 is 1.97 bits per heavy atom. The first-order valence-corrected chi connectivity index (χ1v) is 11.0. The first kappa shape index (κ1) is 21.3. The Hall–Kier alpha value is -2.98. The van der Waals surface area contributed by atoms with Crippen molar-refractivity contribution in [3.8, 4) is 0 Å². The summed E-state index contributed by atoms with van der Waals surface area (Å²) in [6.07, 6.45) is 10.5. The molecule has 1 aromatic carbocycles. The normalized spacial score (nSPS) is 19.0. The van der Waals surface area contributed by atoms with Crippen molar-refractivity contribution in [2.45, 2.75) is 39.5 Å². The first-order valence-electron chi connectivity index (χ1n) is 11.0. The molecule has 1 saturated heterocycles. The van der Waals surface area contributed by atoms with E-state index >= 15 is 0 Å². The third-order valence-corrected chi connectivity index (χ3v) is 6.92. The molecule has 1 aliphatic carbocycles. The SMILES string of the molecule is C=N/C(C)=C(C(=C)c1cn[nH]c1)/C(=C\C)c1ccc2c(c1)CC1(CCNCC1)CC2=C. The van der Waals surface area contributed by atoms with E-state index in [2.05, 4.69) is 71.6 Å². The van der Waals surface area contributed by atoms with E-state index < -0.39 is 0 Å². The number of nitrogens with zero attached hydrogens (tertiary/aromatic N) is 2. The predicted octanol–water partition coefficient (Wildman–Crippen LogP) is 5.83. The van der Waals surface area contributed by atoms with E-state index in [9.17, 15) is 0 Å². The number of hydrogen-bond acceptors (Lipinski definition) is 3. The quantitative estimate of drug-likeness (QED) is 0.479. The third-order valence-electron chi connectivity index (χ3n) is 6.92. The second-order valence-electron chi connectivity index (χ2n) is 8.87. The monoisotopic (exact) mass is 412 g/mol. The summed E-state index contributed by atoms with van der Waals surface area (Å²) in [5.41, 5.74) is 10.4. The van der Waals surface area contributed by atoms with E-state index in [-0.39, 0.29) is 0 Å². The Bertz CT molecular complexity index is 1080. The molecule has 4 rings (SSSR count). The standard InChI is InChI=1S/C27H32N4/c1-6-24(26(20(4)28-5)19(3)23-16-30-31-17-23)21-7-8-25-18(2)14-27(15-22(25)13-21)9-11-29-12-10-27/h6-8,13,16-17,29H,2-3,5,9-12,14-15H2,1,4H3,(H,30,31)/b24-6-,26-20+. The molecule has 31 heavy (non-hydrogen) atoms. The topological polar surface area (TPSA) is 53.1 Å². The van der Waals surface area contributed by atoms with Gasteiger partial charge in [-0.1, -0.05) is 37.4 Å². The van der Waals surface area contributed by atoms with E-state index in [1.807, 2.05) is 13.1 Å². The summed E-state index contributed by atoms with van der Waals surface area (Å²) in [6.45, 7) is 18.8. The molecule has 0 amide bonds. The molecule has 2 aliphatic rings. The maximum atomic E-state index is 4.45. The van der Waals surface area contributed by atoms with Crippen molar-refractivity contribution >= 4 is 23.4 Å². The van der Waals surface area contributed by atoms with Gasteiger partial charge in [-0.15, -0.1) is 0 Å². The van der Waals surface area contributed by atoms with Crippen LogP contribution in [0.5, 0.6) is 0 Å². The Morgan fingerprint density at radius 3 is 2.61 bits per heavy atom. The van der Waals surface area contributed by atoms with Crippen LogP contribution in [0.3, 0.4) is 0 Å². The van der Waals surface area contributed by atoms with Gasteiger partial charge in [0.2, 0.25) is 0 Å². The van der Waals surface area contributed by atoms with Crippen LogP contribution in [0.2, 0.25) is 0 Å². The van der Waals surface area contributed by atoms with Crippen molar-refractivity contribution in [2.75, 3.05) is 13.1 Å². The zero-order valence-corrected chi connectivity index (χ0v) is 18.7. The number of aliphatic imine (C=N–C) groups is 1. The van der Waals surface area contributed by atoms with Crippen LogP contribution in [0.4, 0.5) is 0 Å². The third kappa shape index (κ3) is 4.00. The molecule has 0 bridgehead atoms. The first-order chi connectivity index (χ1) is 15.0. The van der Waals surface area contributed by atoms with Gasteiger partial charge in [0.1, 0.15) is 0 Å². The minimum Gasteiger partial charge on any atom is -0.317 e. The molecule has 0 radical (unpaired) electrons. The Balaban J connectivity index is 1.76. The zero-order valence-electron chi connectivity index (χ0n) is 18.7. The van der Waals surface area contributed by atoms with Gasteiger partial charge in [-0.05, 0) is 98.2 Å². The maximum Gasteiger partial charge on any atom is 0.0565 e. The Kier molecular flexibility index (Phi) is 5.92. The molecular weight excluding hydrogens is 380 g/mol. The van der Waals surface area contributed by atoms with Crippen molar-refractivity contribution in [2.24, 2.45) is 10.4 Å². The van der Waals surface area contributed by atoms with E-state index in [0.29, 0.717) is 5.41 Å². The lowest BCUT2D eigenvalue weighted by Gasteiger charge is -2.42. The number of H-pyrrole nitrogens is 1. The molecule has 1 fully saturated rings. The average molecular weight is 413 g/mol. The molecular formula is C27H32N4. The summed E-state index contributed by atoms with van der Waals surface area (Å²) in [5.74, 6) is 0. The van der Waals surface area contributed by atoms with Gasteiger partial charge in [-0.3, -0.25) is 10.1 Å². The Labute approximate surface area is 185 Å². The minimum absolute atomic E-state index is 0.349. The summed E-state index contributed by atoms with van der Waals surface area (Å²) in [7, 11) is 0. The van der Waals surface area contributed by atoms with Crippen LogP contribution in [0.25, 0.3) is 16.7 Å². The molecule has 2 aromatic rings. The van der Waals surface area contributed by atoms with Crippen molar-refractivity contribution < 1.29 is 0 Å². The average Bonchev–Trinajstić information content (AvgIpc) is 3.31. The van der Waals surface area contributed by atoms with Gasteiger partial charge in [0.05, 0.1) is 6.20 Å². The van der Waals surface area contributed by atoms with Crippen molar-refractivity contribution in [3.05, 3.63) is 83.4 Å². The number of rotatable bonds is 5. The summed E-state index contributed by atoms with van der Waals surface area (Å²) in [4.78, 5) is 4.26. The number of benzene rings is 1. The van der Waals surface area contributed by atoms with Crippen LogP contribution in [-0.2, 0) is 6.42 Å². The minimum atomic E-state index is 0.349. The maximum absolute atomic E-state index is 4.45. The van der Waals surface area contributed by atoms with E-state index in [1.165, 1.54) is 35.1 Å². The fourth-order valence-corrected chi connectivity index (χ4v) is 5.25. The molecule has 160 valence electrons. The van der Waals surface area contributed by atoms with Crippen molar-refractivity contribution in [3.63, 3.8) is 0 Å². The largest absolute Gasteiger partial charge is 0.317 e. The van der Waals surface area contributed by atoms with Gasteiger partial charge >= 0.3 is 0 Å². The summed E-state index contributed by atoms with van der Waals surface area (Å²) >= 11 is 0. The number of aromatic nitrogens is 2. The second-order valence-corrected chi connectivity index (χ2v) is 8.87. The molecule has 0 unspecified atom stereocenters. The lowest BCUT2D eigenvalue weighted by Crippen LogP contribution is -2.40. The van der Waals surface area contributed by atoms with Crippen molar-refractivity contribution in [1.29, 1.82) is 0 Å². The predicted molar refractivity (Wildman–Crippen MR) is 132 cm³/mol. The molecule has 4 heteroatoms. The molecule has 0 saturated carbocycles. The van der Waals surface area contributed by atoms with Crippen LogP contribution in [0.1, 0.15) is 55.4 Å². The highest BCUT2D eigenvalue weighted by molar-refractivity contribution is 5.98. The van der Waals surface area contributed by atoms with Crippen LogP contribution < -0.4 is 5.32 Å². The highest BCUT2D eigenvalue weighted by Crippen LogP contribution is 2.47. The van der Waals surface area contributed by atoms with Gasteiger partial charge in [0.25, 0.3) is 0 Å². The van der Waals surface area contributed by atoms with Crippen LogP contribution in [0, 0.1) is 5.41 Å². The number of piperidine rings is 1. The molecule has 0 atom stereocenters. The molecule has 2 N–H and O–H groups in total. The van der Waals surface area contributed by atoms with E-state index in [0.717, 1.165) is 53.9 Å². The van der Waals surface area contributed by atoms with Gasteiger partial charge in [-0.2, -0.15) is 5.10 Å². The number of hydrogen-bond donors (Lipinski definition) is 2. The molecule has 4 nitrogen and oxygen atoms in total. The van der Waals surface area contributed by atoms with E-state index in [4.69, 9.17) is 0 Å². The van der Waals surface area contributed by atoms with Gasteiger partial charge < -0.3 is 5.32 Å². The second kappa shape index (κ2) is 8.64. The van der Waals surface area contributed by atoms with Crippen LogP contribution in [-0.4, -0.2) is 30.0 Å². The zero-order chi connectivity index (χ0) is 22.0. The van der Waals surface area contributed by atoms with Gasteiger partial charge in [0.15, 0.2) is 0 Å². The Morgan fingerprint density at radius 1 is 1.19 bits per heavy atom.